The van der Waals surface area contributed by atoms with E-state index in [4.69, 9.17) is 0 Å². The van der Waals surface area contributed by atoms with Crippen LogP contribution in [-0.4, -0.2) is 37.6 Å². The van der Waals surface area contributed by atoms with Crippen molar-refractivity contribution < 1.29 is 18.0 Å². The zero-order valence-electron chi connectivity index (χ0n) is 18.4. The molecule has 8 heteroatoms. The Hall–Kier alpha value is -2.71. The molecule has 1 saturated heterocycles. The third-order valence-electron chi connectivity index (χ3n) is 5.43. The van der Waals surface area contributed by atoms with Crippen LogP contribution in [0.15, 0.2) is 41.3 Å². The highest BCUT2D eigenvalue weighted by Crippen LogP contribution is 2.29. The predicted molar refractivity (Wildman–Crippen MR) is 122 cm³/mol. The Labute approximate surface area is 183 Å². The summed E-state index contributed by atoms with van der Waals surface area (Å²) in [4.78, 5) is 24.3. The Morgan fingerprint density at radius 2 is 1.52 bits per heavy atom. The second-order valence-corrected chi connectivity index (χ2v) is 10.1. The lowest BCUT2D eigenvalue weighted by Crippen LogP contribution is -2.44. The van der Waals surface area contributed by atoms with Gasteiger partial charge >= 0.3 is 0 Å². The standard InChI is InChI=1S/C23H29N3O4S/c1-15-12-16(2)22(17(3)13-15)31(29,30)26-11-5-6-19(14-26)23(28)25-21-9-7-20(8-10-21)24-18(4)27/h7-10,12-13,19H,5-6,11,14H2,1-4H3,(H,24,27)(H,25,28)/t19-/m1/s1. The van der Waals surface area contributed by atoms with E-state index in [1.54, 1.807) is 24.3 Å². The number of nitrogens with one attached hydrogen (secondary N) is 2. The molecule has 0 bridgehead atoms. The van der Waals surface area contributed by atoms with Crippen molar-refractivity contribution in [3.8, 4) is 0 Å². The largest absolute Gasteiger partial charge is 0.326 e. The van der Waals surface area contributed by atoms with Gasteiger partial charge in [0.2, 0.25) is 21.8 Å². The summed E-state index contributed by atoms with van der Waals surface area (Å²) in [6.07, 6.45) is 1.26. The maximum absolute atomic E-state index is 13.4. The summed E-state index contributed by atoms with van der Waals surface area (Å²) in [5.41, 5.74) is 3.72. The molecule has 0 spiro atoms. The molecule has 1 atom stereocenters. The first kappa shape index (κ1) is 23.0. The molecule has 2 aromatic carbocycles. The van der Waals surface area contributed by atoms with E-state index in [0.717, 1.165) is 16.7 Å². The van der Waals surface area contributed by atoms with Crippen molar-refractivity contribution in [3.63, 3.8) is 0 Å². The molecule has 0 aromatic heterocycles. The fourth-order valence-electron chi connectivity index (χ4n) is 4.16. The molecule has 1 aliphatic rings. The third-order valence-corrected chi connectivity index (χ3v) is 7.60. The Kier molecular flexibility index (Phi) is 6.81. The number of nitrogens with zero attached hydrogens (tertiary/aromatic N) is 1. The Morgan fingerprint density at radius 3 is 2.06 bits per heavy atom. The monoisotopic (exact) mass is 443 g/mol. The normalized spacial score (nSPS) is 17.2. The second kappa shape index (κ2) is 9.20. The first-order valence-electron chi connectivity index (χ1n) is 10.3. The highest BCUT2D eigenvalue weighted by molar-refractivity contribution is 7.89. The zero-order chi connectivity index (χ0) is 22.8. The molecular formula is C23H29N3O4S. The lowest BCUT2D eigenvalue weighted by Gasteiger charge is -2.32. The number of carbonyl (C=O) groups is 2. The summed E-state index contributed by atoms with van der Waals surface area (Å²) < 4.78 is 28.1. The van der Waals surface area contributed by atoms with Gasteiger partial charge in [-0.05, 0) is 69.0 Å². The minimum absolute atomic E-state index is 0.158. The van der Waals surface area contributed by atoms with Crippen LogP contribution in [0, 0.1) is 26.7 Å². The molecule has 3 rings (SSSR count). The lowest BCUT2D eigenvalue weighted by atomic mass is 9.98. The van der Waals surface area contributed by atoms with Gasteiger partial charge in [0.1, 0.15) is 0 Å². The van der Waals surface area contributed by atoms with Gasteiger partial charge < -0.3 is 10.6 Å². The highest BCUT2D eigenvalue weighted by atomic mass is 32.2. The Morgan fingerprint density at radius 1 is 0.968 bits per heavy atom. The molecule has 2 N–H and O–H groups in total. The van der Waals surface area contributed by atoms with Crippen LogP contribution in [-0.2, 0) is 19.6 Å². The van der Waals surface area contributed by atoms with Crippen LogP contribution in [0.25, 0.3) is 0 Å². The highest BCUT2D eigenvalue weighted by Gasteiger charge is 2.34. The fraction of sp³-hybridized carbons (Fsp3) is 0.391. The summed E-state index contributed by atoms with van der Waals surface area (Å²) in [5, 5.41) is 5.54. The fourth-order valence-corrected chi connectivity index (χ4v) is 6.10. The number of anilines is 2. The summed E-state index contributed by atoms with van der Waals surface area (Å²) in [5.74, 6) is -0.798. The molecule has 1 aliphatic heterocycles. The van der Waals surface area contributed by atoms with Gasteiger partial charge in [0.15, 0.2) is 0 Å². The van der Waals surface area contributed by atoms with E-state index < -0.39 is 15.9 Å². The van der Waals surface area contributed by atoms with E-state index >= 15 is 0 Å². The Balaban J connectivity index is 1.73. The quantitative estimate of drug-likeness (QED) is 0.738. The Bertz CT molecular complexity index is 1070. The van der Waals surface area contributed by atoms with Gasteiger partial charge in [-0.3, -0.25) is 9.59 Å². The van der Waals surface area contributed by atoms with E-state index in [-0.39, 0.29) is 18.4 Å². The minimum Gasteiger partial charge on any atom is -0.326 e. The van der Waals surface area contributed by atoms with Crippen LogP contribution in [0.2, 0.25) is 0 Å². The maximum atomic E-state index is 13.4. The molecule has 7 nitrogen and oxygen atoms in total. The number of amides is 2. The summed E-state index contributed by atoms with van der Waals surface area (Å²) >= 11 is 0. The number of carbonyl (C=O) groups excluding carboxylic acids is 2. The molecule has 2 amide bonds. The molecule has 2 aromatic rings. The SMILES string of the molecule is CC(=O)Nc1ccc(NC(=O)[C@@H]2CCCN(S(=O)(=O)c3c(C)cc(C)cc3C)C2)cc1. The van der Waals surface area contributed by atoms with Crippen molar-refractivity contribution >= 4 is 33.2 Å². The topological polar surface area (TPSA) is 95.6 Å². The summed E-state index contributed by atoms with van der Waals surface area (Å²) in [6, 6.07) is 10.6. The van der Waals surface area contributed by atoms with Crippen LogP contribution in [0.4, 0.5) is 11.4 Å². The van der Waals surface area contributed by atoms with Crippen molar-refractivity contribution in [2.24, 2.45) is 5.92 Å². The van der Waals surface area contributed by atoms with Crippen LogP contribution in [0.3, 0.4) is 0 Å². The van der Waals surface area contributed by atoms with Gasteiger partial charge in [-0.15, -0.1) is 0 Å². The molecule has 166 valence electrons. The van der Waals surface area contributed by atoms with E-state index in [9.17, 15) is 18.0 Å². The zero-order valence-corrected chi connectivity index (χ0v) is 19.2. The van der Waals surface area contributed by atoms with Gasteiger partial charge in [0, 0.05) is 31.4 Å². The smallest absolute Gasteiger partial charge is 0.243 e. The third kappa shape index (κ3) is 5.32. The van der Waals surface area contributed by atoms with E-state index in [1.165, 1.54) is 11.2 Å². The predicted octanol–water partition coefficient (Wildman–Crippen LogP) is 3.61. The molecular weight excluding hydrogens is 414 g/mol. The van der Waals surface area contributed by atoms with Gasteiger partial charge in [-0.25, -0.2) is 8.42 Å². The van der Waals surface area contributed by atoms with E-state index in [1.807, 2.05) is 32.9 Å². The van der Waals surface area contributed by atoms with Gasteiger partial charge in [0.25, 0.3) is 0 Å². The van der Waals surface area contributed by atoms with Crippen molar-refractivity contribution in [1.29, 1.82) is 0 Å². The van der Waals surface area contributed by atoms with E-state index in [0.29, 0.717) is 35.7 Å². The molecule has 0 saturated carbocycles. The van der Waals surface area contributed by atoms with Crippen LogP contribution < -0.4 is 10.6 Å². The van der Waals surface area contributed by atoms with Crippen LogP contribution >= 0.6 is 0 Å². The number of hydrogen-bond donors (Lipinski definition) is 2. The van der Waals surface area contributed by atoms with Crippen LogP contribution in [0.5, 0.6) is 0 Å². The van der Waals surface area contributed by atoms with E-state index in [2.05, 4.69) is 10.6 Å². The van der Waals surface area contributed by atoms with Gasteiger partial charge in [-0.2, -0.15) is 4.31 Å². The van der Waals surface area contributed by atoms with Crippen molar-refractivity contribution in [2.75, 3.05) is 23.7 Å². The molecule has 1 fully saturated rings. The van der Waals surface area contributed by atoms with Gasteiger partial charge in [-0.1, -0.05) is 17.7 Å². The molecule has 1 heterocycles. The molecule has 0 aliphatic carbocycles. The van der Waals surface area contributed by atoms with Crippen molar-refractivity contribution in [3.05, 3.63) is 53.1 Å². The van der Waals surface area contributed by atoms with Crippen molar-refractivity contribution in [1.82, 2.24) is 4.31 Å². The number of benzene rings is 2. The van der Waals surface area contributed by atoms with Gasteiger partial charge in [0.05, 0.1) is 10.8 Å². The number of aryl methyl sites for hydroxylation is 3. The summed E-state index contributed by atoms with van der Waals surface area (Å²) in [7, 11) is -3.68. The number of rotatable bonds is 5. The first-order chi connectivity index (χ1) is 14.6. The van der Waals surface area contributed by atoms with Crippen molar-refractivity contribution in [2.45, 2.75) is 45.4 Å². The molecule has 0 unspecified atom stereocenters. The molecule has 31 heavy (non-hydrogen) atoms. The number of sulfonamides is 1. The molecule has 0 radical (unpaired) electrons. The number of piperidine rings is 1. The maximum Gasteiger partial charge on any atom is 0.243 e. The average Bonchev–Trinajstić information content (AvgIpc) is 2.68. The average molecular weight is 444 g/mol. The second-order valence-electron chi connectivity index (χ2n) is 8.18. The lowest BCUT2D eigenvalue weighted by molar-refractivity contribution is -0.121. The first-order valence-corrected chi connectivity index (χ1v) is 11.8. The minimum atomic E-state index is -3.68. The summed E-state index contributed by atoms with van der Waals surface area (Å²) in [6.45, 7) is 7.56. The van der Waals surface area contributed by atoms with Crippen LogP contribution in [0.1, 0.15) is 36.5 Å². The number of hydrogen-bond acceptors (Lipinski definition) is 4.